The molecule has 53 heavy (non-hydrogen) atoms. The fourth-order valence-corrected chi connectivity index (χ4v) is 8.34. The van der Waals surface area contributed by atoms with Crippen molar-refractivity contribution >= 4 is 64.9 Å². The van der Waals surface area contributed by atoms with Gasteiger partial charge in [0.25, 0.3) is 0 Å². The van der Waals surface area contributed by atoms with Crippen LogP contribution >= 0.6 is 0 Å². The van der Waals surface area contributed by atoms with E-state index in [-0.39, 0.29) is 0 Å². The molecule has 0 aliphatic rings. The Morgan fingerprint density at radius 1 is 0.302 bits per heavy atom. The molecule has 0 N–H and O–H groups in total. The Kier molecular flexibility index (Phi) is 6.55. The molecule has 0 saturated heterocycles. The zero-order chi connectivity index (χ0) is 34.9. The van der Waals surface area contributed by atoms with E-state index in [0.717, 1.165) is 44.4 Å². The van der Waals surface area contributed by atoms with Gasteiger partial charge in [-0.2, -0.15) is 0 Å². The predicted molar refractivity (Wildman–Crippen MR) is 223 cm³/mol. The van der Waals surface area contributed by atoms with Crippen LogP contribution in [-0.4, -0.2) is 14.8 Å². The van der Waals surface area contributed by atoms with Gasteiger partial charge >= 0.3 is 0 Å². The van der Waals surface area contributed by atoms with Gasteiger partial charge in [-0.25, -0.2) is 0 Å². The molecule has 0 spiro atoms. The number of aromatic nitrogens is 3. The highest BCUT2D eigenvalue weighted by Crippen LogP contribution is 2.40. The third-order valence-electron chi connectivity index (χ3n) is 10.8. The minimum absolute atomic E-state index is 0.884. The van der Waals surface area contributed by atoms with Gasteiger partial charge in [-0.15, -0.1) is 10.2 Å². The Labute approximate surface area is 306 Å². The van der Waals surface area contributed by atoms with Crippen molar-refractivity contribution in [3.05, 3.63) is 188 Å². The van der Waals surface area contributed by atoms with E-state index in [1.807, 2.05) is 0 Å². The molecule has 2 aromatic heterocycles. The number of benzene rings is 9. The van der Waals surface area contributed by atoms with E-state index in [2.05, 4.69) is 193 Å². The monoisotopic (exact) mass is 673 g/mol. The van der Waals surface area contributed by atoms with Crippen LogP contribution in [-0.2, 0) is 0 Å². The Hall–Kier alpha value is -7.10. The van der Waals surface area contributed by atoms with Crippen LogP contribution in [0, 0.1) is 0 Å². The molecule has 0 unspecified atom stereocenters. The van der Waals surface area contributed by atoms with Crippen molar-refractivity contribution in [2.24, 2.45) is 0 Å². The summed E-state index contributed by atoms with van der Waals surface area (Å²) >= 11 is 0. The lowest BCUT2D eigenvalue weighted by Gasteiger charge is -2.14. The fraction of sp³-hybridized carbons (Fsp3) is 0. The summed E-state index contributed by atoms with van der Waals surface area (Å²) < 4.78 is 2.40. The lowest BCUT2D eigenvalue weighted by atomic mass is 9.92. The van der Waals surface area contributed by atoms with Crippen LogP contribution in [0.4, 0.5) is 0 Å². The third-order valence-corrected chi connectivity index (χ3v) is 10.8. The summed E-state index contributed by atoms with van der Waals surface area (Å²) in [6.07, 6.45) is 0. The van der Waals surface area contributed by atoms with Crippen LogP contribution in [0.1, 0.15) is 0 Å². The molecule has 0 fully saturated rings. The number of hydrogen-bond donors (Lipinski definition) is 0. The number of fused-ring (bicyclic) bond motifs is 7. The molecule has 0 amide bonds. The second-order valence-electron chi connectivity index (χ2n) is 13.8. The maximum atomic E-state index is 4.96. The summed E-state index contributed by atoms with van der Waals surface area (Å²) in [6, 6.07) is 67.6. The summed E-state index contributed by atoms with van der Waals surface area (Å²) in [6.45, 7) is 0. The van der Waals surface area contributed by atoms with Crippen LogP contribution in [0.3, 0.4) is 0 Å². The lowest BCUT2D eigenvalue weighted by Crippen LogP contribution is -1.96. The molecule has 0 aliphatic carbocycles. The van der Waals surface area contributed by atoms with Crippen molar-refractivity contribution in [3.63, 3.8) is 0 Å². The predicted octanol–water partition coefficient (Wildman–Crippen LogP) is 13.2. The average molecular weight is 674 g/mol. The van der Waals surface area contributed by atoms with Gasteiger partial charge in [0.05, 0.1) is 11.0 Å². The molecule has 3 nitrogen and oxygen atoms in total. The van der Waals surface area contributed by atoms with Gasteiger partial charge in [0.15, 0.2) is 0 Å². The van der Waals surface area contributed by atoms with E-state index in [1.54, 1.807) is 0 Å². The molecule has 11 aromatic rings. The van der Waals surface area contributed by atoms with Gasteiger partial charge < -0.3 is 4.57 Å². The molecule has 0 radical (unpaired) electrons. The van der Waals surface area contributed by atoms with Crippen molar-refractivity contribution in [1.82, 2.24) is 14.8 Å². The first-order valence-electron chi connectivity index (χ1n) is 18.1. The Balaban J connectivity index is 1.03. The second kappa shape index (κ2) is 11.7. The van der Waals surface area contributed by atoms with Crippen LogP contribution in [0.5, 0.6) is 0 Å². The first-order chi connectivity index (χ1) is 26.3. The molecule has 9 aromatic carbocycles. The van der Waals surface area contributed by atoms with Gasteiger partial charge in [0.2, 0.25) is 0 Å². The molecular formula is C50H31N3. The summed E-state index contributed by atoms with van der Waals surface area (Å²) in [7, 11) is 0. The quantitative estimate of drug-likeness (QED) is 0.186. The van der Waals surface area contributed by atoms with Crippen molar-refractivity contribution in [3.8, 4) is 39.3 Å². The fourth-order valence-electron chi connectivity index (χ4n) is 8.34. The minimum atomic E-state index is 0.884. The topological polar surface area (TPSA) is 30.7 Å². The van der Waals surface area contributed by atoms with Gasteiger partial charge in [-0.3, -0.25) is 0 Å². The molecule has 0 atom stereocenters. The Morgan fingerprint density at radius 3 is 1.68 bits per heavy atom. The van der Waals surface area contributed by atoms with E-state index in [0.29, 0.717) is 0 Å². The highest BCUT2D eigenvalue weighted by Gasteiger charge is 2.17. The van der Waals surface area contributed by atoms with Gasteiger partial charge in [-0.1, -0.05) is 152 Å². The summed E-state index contributed by atoms with van der Waals surface area (Å²) in [5.74, 6) is 0. The van der Waals surface area contributed by atoms with E-state index in [9.17, 15) is 0 Å². The lowest BCUT2D eigenvalue weighted by molar-refractivity contribution is 1.06. The van der Waals surface area contributed by atoms with Crippen LogP contribution in [0.15, 0.2) is 188 Å². The molecular weight excluding hydrogens is 643 g/mol. The van der Waals surface area contributed by atoms with Crippen molar-refractivity contribution in [2.75, 3.05) is 0 Å². The van der Waals surface area contributed by atoms with E-state index in [1.165, 1.54) is 59.9 Å². The molecule has 0 bridgehead atoms. The van der Waals surface area contributed by atoms with Gasteiger partial charge in [0, 0.05) is 38.4 Å². The first kappa shape index (κ1) is 29.6. The molecule has 0 aliphatic heterocycles. The third kappa shape index (κ3) is 4.68. The first-order valence-corrected chi connectivity index (χ1v) is 18.1. The normalized spacial score (nSPS) is 11.8. The number of nitrogens with zero attached hydrogens (tertiary/aromatic N) is 3. The number of para-hydroxylation sites is 1. The maximum absolute atomic E-state index is 4.96. The van der Waals surface area contributed by atoms with Crippen molar-refractivity contribution in [1.29, 1.82) is 0 Å². The molecule has 0 saturated carbocycles. The van der Waals surface area contributed by atoms with Gasteiger partial charge in [0.1, 0.15) is 11.4 Å². The summed E-state index contributed by atoms with van der Waals surface area (Å²) in [5.41, 5.74) is 9.89. The minimum Gasteiger partial charge on any atom is -0.309 e. The Bertz CT molecular complexity index is 3230. The average Bonchev–Trinajstić information content (AvgIpc) is 3.55. The molecule has 3 heteroatoms. The zero-order valence-corrected chi connectivity index (χ0v) is 28.7. The smallest absolute Gasteiger partial charge is 0.101 e. The van der Waals surface area contributed by atoms with Crippen LogP contribution in [0.25, 0.3) is 104 Å². The molecule has 11 rings (SSSR count). The van der Waals surface area contributed by atoms with Crippen molar-refractivity contribution in [2.45, 2.75) is 0 Å². The van der Waals surface area contributed by atoms with E-state index in [4.69, 9.17) is 10.2 Å². The van der Waals surface area contributed by atoms with Crippen LogP contribution in [0.2, 0.25) is 0 Å². The maximum Gasteiger partial charge on any atom is 0.101 e. The summed E-state index contributed by atoms with van der Waals surface area (Å²) in [4.78, 5) is 0. The molecule has 2 heterocycles. The summed E-state index contributed by atoms with van der Waals surface area (Å²) in [5, 5.41) is 21.8. The van der Waals surface area contributed by atoms with E-state index < -0.39 is 0 Å². The van der Waals surface area contributed by atoms with E-state index >= 15 is 0 Å². The largest absolute Gasteiger partial charge is 0.309 e. The highest BCUT2D eigenvalue weighted by atomic mass is 15.1. The highest BCUT2D eigenvalue weighted by molar-refractivity contribution is 6.14. The van der Waals surface area contributed by atoms with Crippen molar-refractivity contribution < 1.29 is 0 Å². The SMILES string of the molecule is c1ccc(-c2ccc(-c3nnc(-c4ccc5cc(-n6c7ccccc7c7cc8ccccc8cc76)ccc5c4)c4ccccc34)c3ccccc23)cc1. The second-order valence-corrected chi connectivity index (χ2v) is 13.8. The standard InChI is InChI=1S/C50H31N3/c1-2-12-32(13-3-1)39-26-27-45(41-17-7-6-16-40(39)41)50-44-20-9-8-19-43(44)49(51-52-50)37-23-22-36-29-38(25-24-35(36)28-37)53-47-21-11-10-18-42(47)46-30-33-14-4-5-15-34(33)31-48(46)53/h1-31H. The van der Waals surface area contributed by atoms with Gasteiger partial charge in [-0.05, 0) is 79.8 Å². The Morgan fingerprint density at radius 2 is 0.868 bits per heavy atom. The van der Waals surface area contributed by atoms with Crippen LogP contribution < -0.4 is 0 Å². The zero-order valence-electron chi connectivity index (χ0n) is 28.7. The molecule has 246 valence electrons. The number of rotatable bonds is 4. The number of hydrogen-bond acceptors (Lipinski definition) is 2.